The lowest BCUT2D eigenvalue weighted by Gasteiger charge is -2.36. The van der Waals surface area contributed by atoms with Gasteiger partial charge in [0.15, 0.2) is 6.04 Å². The molecule has 0 saturated heterocycles. The standard InChI is InChI=1S/C14H19BrF3NO2S/c1-13(2,3)22(20)19(4)12(14(16,17)18)9-6-7-10(15)11(8-9)21-5/h6-8,12H,1-5H3/t12-,22+/m0/s1. The van der Waals surface area contributed by atoms with Crippen molar-refractivity contribution in [2.24, 2.45) is 0 Å². The molecule has 0 fully saturated rings. The third kappa shape index (κ3) is 4.53. The second-order valence-electron chi connectivity index (χ2n) is 5.75. The van der Waals surface area contributed by atoms with Gasteiger partial charge in [0.2, 0.25) is 0 Å². The van der Waals surface area contributed by atoms with Gasteiger partial charge in [-0.25, -0.2) is 0 Å². The van der Waals surface area contributed by atoms with Crippen molar-refractivity contribution >= 4 is 27.3 Å². The van der Waals surface area contributed by atoms with Gasteiger partial charge < -0.3 is 9.29 Å². The molecule has 0 aliphatic heterocycles. The minimum atomic E-state index is -4.56. The molecule has 1 aromatic rings. The SMILES string of the molecule is COc1cc([C@H](N(C)[S@+]([O-])C(C)(C)C)C(F)(F)F)ccc1Br. The molecule has 0 radical (unpaired) electrons. The number of halogens is 4. The average Bonchev–Trinajstić information content (AvgIpc) is 2.37. The van der Waals surface area contributed by atoms with Crippen LogP contribution in [0.15, 0.2) is 22.7 Å². The summed E-state index contributed by atoms with van der Waals surface area (Å²) in [5.74, 6) is 0.293. The molecule has 0 unspecified atom stereocenters. The molecule has 1 rings (SSSR count). The summed E-state index contributed by atoms with van der Waals surface area (Å²) in [6.45, 7) is 4.90. The van der Waals surface area contributed by atoms with Gasteiger partial charge in [-0.1, -0.05) is 6.07 Å². The number of rotatable bonds is 4. The number of benzene rings is 1. The zero-order chi connectivity index (χ0) is 17.3. The van der Waals surface area contributed by atoms with Gasteiger partial charge in [0, 0.05) is 18.4 Å². The topological polar surface area (TPSA) is 35.5 Å². The summed E-state index contributed by atoms with van der Waals surface area (Å²) in [6, 6.07) is 2.16. The van der Waals surface area contributed by atoms with Gasteiger partial charge in [0.05, 0.1) is 11.6 Å². The molecular formula is C14H19BrF3NO2S. The quantitative estimate of drug-likeness (QED) is 0.698. The second kappa shape index (κ2) is 6.98. The van der Waals surface area contributed by atoms with E-state index in [1.54, 1.807) is 20.8 Å². The van der Waals surface area contributed by atoms with Crippen LogP contribution in [0.2, 0.25) is 0 Å². The molecule has 0 spiro atoms. The Morgan fingerprint density at radius 2 is 1.82 bits per heavy atom. The number of nitrogens with zero attached hydrogens (tertiary/aromatic N) is 1. The molecule has 8 heteroatoms. The fourth-order valence-corrected chi connectivity index (χ4v) is 3.68. The molecule has 3 nitrogen and oxygen atoms in total. The highest BCUT2D eigenvalue weighted by atomic mass is 79.9. The van der Waals surface area contributed by atoms with Gasteiger partial charge in [-0.2, -0.15) is 13.2 Å². The lowest BCUT2D eigenvalue weighted by Crippen LogP contribution is -2.46. The Morgan fingerprint density at radius 3 is 2.23 bits per heavy atom. The van der Waals surface area contributed by atoms with Gasteiger partial charge in [0.25, 0.3) is 0 Å². The normalized spacial score (nSPS) is 15.8. The number of hydrogen-bond acceptors (Lipinski definition) is 3. The highest BCUT2D eigenvalue weighted by molar-refractivity contribution is 9.10. The molecule has 0 aromatic heterocycles. The van der Waals surface area contributed by atoms with Crippen LogP contribution >= 0.6 is 15.9 Å². The van der Waals surface area contributed by atoms with Crippen LogP contribution in [0, 0.1) is 0 Å². The highest BCUT2D eigenvalue weighted by Gasteiger charge is 2.50. The number of ether oxygens (including phenoxy) is 1. The Morgan fingerprint density at radius 1 is 1.27 bits per heavy atom. The number of hydrogen-bond donors (Lipinski definition) is 0. The zero-order valence-corrected chi connectivity index (χ0v) is 15.4. The second-order valence-corrected chi connectivity index (χ2v) is 8.90. The molecule has 0 saturated carbocycles. The largest absolute Gasteiger partial charge is 0.597 e. The Bertz CT molecular complexity index is 520. The van der Waals surface area contributed by atoms with Gasteiger partial charge in [-0.3, -0.25) is 0 Å². The smallest absolute Gasteiger partial charge is 0.412 e. The summed E-state index contributed by atoms with van der Waals surface area (Å²) in [7, 11) is 2.59. The monoisotopic (exact) mass is 401 g/mol. The maximum Gasteiger partial charge on any atom is 0.412 e. The van der Waals surface area contributed by atoms with Gasteiger partial charge in [-0.15, -0.1) is 4.31 Å². The van der Waals surface area contributed by atoms with Crippen LogP contribution in [-0.4, -0.2) is 33.9 Å². The number of methoxy groups -OCH3 is 1. The summed E-state index contributed by atoms with van der Waals surface area (Å²) < 4.78 is 58.5. The minimum absolute atomic E-state index is 0.0207. The van der Waals surface area contributed by atoms with E-state index < -0.39 is 28.3 Å². The summed E-state index contributed by atoms with van der Waals surface area (Å²) in [5.41, 5.74) is -0.0207. The molecule has 126 valence electrons. The van der Waals surface area contributed by atoms with Crippen molar-refractivity contribution in [2.45, 2.75) is 37.7 Å². The van der Waals surface area contributed by atoms with Crippen molar-refractivity contribution in [1.82, 2.24) is 4.31 Å². The van der Waals surface area contributed by atoms with E-state index in [4.69, 9.17) is 4.74 Å². The van der Waals surface area contributed by atoms with Crippen LogP contribution in [0.5, 0.6) is 5.75 Å². The van der Waals surface area contributed by atoms with Crippen LogP contribution in [0.3, 0.4) is 0 Å². The lowest BCUT2D eigenvalue weighted by molar-refractivity contribution is -0.171. The Kier molecular flexibility index (Phi) is 6.22. The van der Waals surface area contributed by atoms with Gasteiger partial charge in [0.1, 0.15) is 10.5 Å². The molecule has 0 aliphatic rings. The summed E-state index contributed by atoms with van der Waals surface area (Å²) >= 11 is 1.40. The summed E-state index contributed by atoms with van der Waals surface area (Å²) in [4.78, 5) is 0. The van der Waals surface area contributed by atoms with Crippen LogP contribution in [0.1, 0.15) is 32.4 Å². The molecule has 0 aliphatic carbocycles. The minimum Gasteiger partial charge on any atom is -0.597 e. The predicted molar refractivity (Wildman–Crippen MR) is 85.1 cm³/mol. The zero-order valence-electron chi connectivity index (χ0n) is 13.0. The Balaban J connectivity index is 3.31. The van der Waals surface area contributed by atoms with Crippen molar-refractivity contribution in [3.63, 3.8) is 0 Å². The highest BCUT2D eigenvalue weighted by Crippen LogP contribution is 2.42. The van der Waals surface area contributed by atoms with E-state index >= 15 is 0 Å². The van der Waals surface area contributed by atoms with Crippen molar-refractivity contribution in [3.8, 4) is 5.75 Å². The van der Waals surface area contributed by atoms with Crippen molar-refractivity contribution in [3.05, 3.63) is 28.2 Å². The first-order chi connectivity index (χ1) is 9.89. The molecule has 0 bridgehead atoms. The first-order valence-electron chi connectivity index (χ1n) is 6.44. The van der Waals surface area contributed by atoms with E-state index in [0.717, 1.165) is 4.31 Å². The van der Waals surface area contributed by atoms with Crippen molar-refractivity contribution in [2.75, 3.05) is 14.2 Å². The maximum atomic E-state index is 13.5. The fourth-order valence-electron chi connectivity index (χ4n) is 1.98. The third-order valence-corrected chi connectivity index (χ3v) is 5.39. The van der Waals surface area contributed by atoms with Gasteiger partial charge >= 0.3 is 6.18 Å². The molecule has 2 atom stereocenters. The van der Waals surface area contributed by atoms with E-state index in [1.165, 1.54) is 32.4 Å². The van der Waals surface area contributed by atoms with E-state index in [0.29, 0.717) is 10.2 Å². The molecule has 0 heterocycles. The van der Waals surface area contributed by atoms with E-state index in [9.17, 15) is 17.7 Å². The lowest BCUT2D eigenvalue weighted by atomic mass is 10.1. The number of alkyl halides is 3. The fraction of sp³-hybridized carbons (Fsp3) is 0.571. The summed E-state index contributed by atoms with van der Waals surface area (Å²) in [5, 5.41) is 0. The predicted octanol–water partition coefficient (Wildman–Crippen LogP) is 4.46. The Labute approximate surface area is 140 Å². The van der Waals surface area contributed by atoms with E-state index in [2.05, 4.69) is 15.9 Å². The van der Waals surface area contributed by atoms with Crippen LogP contribution in [0.25, 0.3) is 0 Å². The first-order valence-corrected chi connectivity index (χ1v) is 8.34. The summed E-state index contributed by atoms with van der Waals surface area (Å²) in [6.07, 6.45) is -4.56. The van der Waals surface area contributed by atoms with Crippen molar-refractivity contribution in [1.29, 1.82) is 0 Å². The van der Waals surface area contributed by atoms with E-state index in [1.807, 2.05) is 0 Å². The van der Waals surface area contributed by atoms with E-state index in [-0.39, 0.29) is 5.56 Å². The Hall–Kier alpha value is -0.440. The first kappa shape index (κ1) is 19.6. The molecular weight excluding hydrogens is 383 g/mol. The maximum absolute atomic E-state index is 13.5. The van der Waals surface area contributed by atoms with Crippen molar-refractivity contribution < 1.29 is 22.5 Å². The van der Waals surface area contributed by atoms with Crippen LogP contribution in [0.4, 0.5) is 13.2 Å². The van der Waals surface area contributed by atoms with Crippen LogP contribution < -0.4 is 4.74 Å². The molecule has 0 N–H and O–H groups in total. The van der Waals surface area contributed by atoms with Gasteiger partial charge in [-0.05, 0) is 54.4 Å². The molecule has 1 aromatic carbocycles. The third-order valence-electron chi connectivity index (χ3n) is 2.95. The van der Waals surface area contributed by atoms with Crippen LogP contribution in [-0.2, 0) is 11.4 Å². The molecule has 0 amide bonds. The average molecular weight is 402 g/mol. The molecule has 22 heavy (non-hydrogen) atoms.